The quantitative estimate of drug-likeness (QED) is 0.890. The SMILES string of the molecule is O=S(=O)(Nc1ccccc1F)c1ccc(CCO)s1. The van der Waals surface area contributed by atoms with Crippen LogP contribution < -0.4 is 4.72 Å². The Morgan fingerprint density at radius 3 is 2.63 bits per heavy atom. The summed E-state index contributed by atoms with van der Waals surface area (Å²) in [6.07, 6.45) is 0.403. The van der Waals surface area contributed by atoms with Crippen LogP contribution in [0.1, 0.15) is 4.88 Å². The summed E-state index contributed by atoms with van der Waals surface area (Å²) in [5, 5.41) is 8.80. The first-order chi connectivity index (χ1) is 9.03. The number of anilines is 1. The number of thiophene rings is 1. The Hall–Kier alpha value is -1.44. The molecular weight excluding hydrogens is 289 g/mol. The lowest BCUT2D eigenvalue weighted by Crippen LogP contribution is -2.12. The number of para-hydroxylation sites is 1. The summed E-state index contributed by atoms with van der Waals surface area (Å²) in [4.78, 5) is 0.761. The number of benzene rings is 1. The Morgan fingerprint density at radius 1 is 1.21 bits per heavy atom. The highest BCUT2D eigenvalue weighted by Crippen LogP contribution is 2.25. The smallest absolute Gasteiger partial charge is 0.271 e. The summed E-state index contributed by atoms with van der Waals surface area (Å²) in [6.45, 7) is -0.0409. The number of aliphatic hydroxyl groups is 1. The number of aliphatic hydroxyl groups excluding tert-OH is 1. The predicted molar refractivity (Wildman–Crippen MR) is 72.3 cm³/mol. The maximum Gasteiger partial charge on any atom is 0.271 e. The summed E-state index contributed by atoms with van der Waals surface area (Å²) < 4.78 is 39.8. The van der Waals surface area contributed by atoms with Crippen molar-refractivity contribution in [2.75, 3.05) is 11.3 Å². The van der Waals surface area contributed by atoms with Crippen molar-refractivity contribution in [3.05, 3.63) is 47.1 Å². The predicted octanol–water partition coefficient (Wildman–Crippen LogP) is 2.22. The normalized spacial score (nSPS) is 11.5. The Bertz CT molecular complexity index is 667. The molecule has 1 aromatic heterocycles. The lowest BCUT2D eigenvalue weighted by atomic mass is 10.3. The number of nitrogens with one attached hydrogen (secondary N) is 1. The third-order valence-electron chi connectivity index (χ3n) is 2.38. The van der Waals surface area contributed by atoms with Gasteiger partial charge in [-0.15, -0.1) is 11.3 Å². The molecular formula is C12H12FNO3S2. The van der Waals surface area contributed by atoms with Gasteiger partial charge < -0.3 is 5.11 Å². The summed E-state index contributed by atoms with van der Waals surface area (Å²) >= 11 is 1.06. The Labute approximate surface area is 114 Å². The zero-order valence-corrected chi connectivity index (χ0v) is 11.5. The van der Waals surface area contributed by atoms with Crippen LogP contribution in [-0.2, 0) is 16.4 Å². The number of hydrogen-bond acceptors (Lipinski definition) is 4. The average molecular weight is 301 g/mol. The lowest BCUT2D eigenvalue weighted by molar-refractivity contribution is 0.300. The molecule has 4 nitrogen and oxygen atoms in total. The summed E-state index contributed by atoms with van der Waals surface area (Å²) in [5.74, 6) is -0.627. The van der Waals surface area contributed by atoms with E-state index in [1.807, 2.05) is 0 Å². The maximum atomic E-state index is 13.4. The molecule has 102 valence electrons. The van der Waals surface area contributed by atoms with Gasteiger partial charge in [0.2, 0.25) is 0 Å². The molecule has 7 heteroatoms. The summed E-state index contributed by atoms with van der Waals surface area (Å²) in [7, 11) is -3.79. The standard InChI is InChI=1S/C12H12FNO3S2/c13-10-3-1-2-4-11(10)14-19(16,17)12-6-5-9(18-12)7-8-15/h1-6,14-15H,7-8H2. The molecule has 0 radical (unpaired) electrons. The van der Waals surface area contributed by atoms with E-state index in [9.17, 15) is 12.8 Å². The first-order valence-corrected chi connectivity index (χ1v) is 7.80. The van der Waals surface area contributed by atoms with Crippen molar-refractivity contribution < 1.29 is 17.9 Å². The highest BCUT2D eigenvalue weighted by atomic mass is 32.2. The molecule has 0 aliphatic heterocycles. The second kappa shape index (κ2) is 5.68. The van der Waals surface area contributed by atoms with E-state index in [1.165, 1.54) is 24.3 Å². The van der Waals surface area contributed by atoms with E-state index >= 15 is 0 Å². The van der Waals surface area contributed by atoms with Gasteiger partial charge >= 0.3 is 0 Å². The molecule has 0 aliphatic carbocycles. The van der Waals surface area contributed by atoms with E-state index in [1.54, 1.807) is 12.1 Å². The zero-order chi connectivity index (χ0) is 13.9. The molecule has 1 heterocycles. The average Bonchev–Trinajstić information content (AvgIpc) is 2.82. The van der Waals surface area contributed by atoms with Gasteiger partial charge in [0.25, 0.3) is 10.0 Å². The largest absolute Gasteiger partial charge is 0.396 e. The van der Waals surface area contributed by atoms with Gasteiger partial charge in [0.05, 0.1) is 5.69 Å². The van der Waals surface area contributed by atoms with Crippen molar-refractivity contribution in [1.82, 2.24) is 0 Å². The van der Waals surface area contributed by atoms with Gasteiger partial charge in [-0.25, -0.2) is 12.8 Å². The van der Waals surface area contributed by atoms with Crippen LogP contribution in [0.2, 0.25) is 0 Å². The molecule has 0 amide bonds. The Balaban J connectivity index is 2.25. The maximum absolute atomic E-state index is 13.4. The van der Waals surface area contributed by atoms with Crippen molar-refractivity contribution in [3.8, 4) is 0 Å². The van der Waals surface area contributed by atoms with Gasteiger partial charge in [-0.1, -0.05) is 12.1 Å². The molecule has 19 heavy (non-hydrogen) atoms. The summed E-state index contributed by atoms with van der Waals surface area (Å²) in [6, 6.07) is 8.65. The first kappa shape index (κ1) is 14.0. The van der Waals surface area contributed by atoms with Crippen molar-refractivity contribution in [2.24, 2.45) is 0 Å². The molecule has 0 saturated heterocycles. The van der Waals surface area contributed by atoms with Crippen molar-refractivity contribution in [2.45, 2.75) is 10.6 Å². The molecule has 0 atom stereocenters. The molecule has 0 saturated carbocycles. The fourth-order valence-electron chi connectivity index (χ4n) is 1.49. The minimum Gasteiger partial charge on any atom is -0.396 e. The van der Waals surface area contributed by atoms with Crippen molar-refractivity contribution in [3.63, 3.8) is 0 Å². The number of hydrogen-bond donors (Lipinski definition) is 2. The number of sulfonamides is 1. The van der Waals surface area contributed by atoms with Crippen LogP contribution in [0.5, 0.6) is 0 Å². The highest BCUT2D eigenvalue weighted by molar-refractivity contribution is 7.94. The first-order valence-electron chi connectivity index (χ1n) is 5.50. The van der Waals surface area contributed by atoms with Crippen molar-refractivity contribution >= 4 is 27.0 Å². The third-order valence-corrected chi connectivity index (χ3v) is 5.38. The molecule has 0 aliphatic rings. The zero-order valence-electron chi connectivity index (χ0n) is 9.84. The molecule has 0 spiro atoms. The topological polar surface area (TPSA) is 66.4 Å². The van der Waals surface area contributed by atoms with E-state index in [2.05, 4.69) is 4.72 Å². The minimum absolute atomic E-state index is 0.0409. The van der Waals surface area contributed by atoms with Crippen molar-refractivity contribution in [1.29, 1.82) is 0 Å². The Kier molecular flexibility index (Phi) is 4.18. The molecule has 0 fully saturated rings. The van der Waals surface area contributed by atoms with Crippen LogP contribution in [0.3, 0.4) is 0 Å². The highest BCUT2D eigenvalue weighted by Gasteiger charge is 2.18. The van der Waals surface area contributed by atoms with E-state index in [0.29, 0.717) is 6.42 Å². The monoisotopic (exact) mass is 301 g/mol. The Morgan fingerprint density at radius 2 is 1.95 bits per heavy atom. The van der Waals surface area contributed by atoms with Gasteiger partial charge in [-0.05, 0) is 24.3 Å². The fraction of sp³-hybridized carbons (Fsp3) is 0.167. The van der Waals surface area contributed by atoms with Gasteiger partial charge in [0.1, 0.15) is 10.0 Å². The lowest BCUT2D eigenvalue weighted by Gasteiger charge is -2.06. The van der Waals surface area contributed by atoms with Crippen LogP contribution >= 0.6 is 11.3 Å². The van der Waals surface area contributed by atoms with E-state index < -0.39 is 15.8 Å². The van der Waals surface area contributed by atoms with Gasteiger partial charge in [-0.2, -0.15) is 0 Å². The number of halogens is 1. The van der Waals surface area contributed by atoms with Gasteiger partial charge in [0.15, 0.2) is 0 Å². The molecule has 2 N–H and O–H groups in total. The van der Waals surface area contributed by atoms with Crippen LogP contribution in [0.15, 0.2) is 40.6 Å². The van der Waals surface area contributed by atoms with E-state index in [0.717, 1.165) is 16.2 Å². The second-order valence-corrected chi connectivity index (χ2v) is 6.86. The molecule has 0 bridgehead atoms. The van der Waals surface area contributed by atoms with Gasteiger partial charge in [0, 0.05) is 17.9 Å². The third kappa shape index (κ3) is 3.31. The van der Waals surface area contributed by atoms with Crippen LogP contribution in [0.4, 0.5) is 10.1 Å². The molecule has 0 unspecified atom stereocenters. The molecule has 1 aromatic carbocycles. The number of rotatable bonds is 5. The van der Waals surface area contributed by atoms with Crippen LogP contribution in [0.25, 0.3) is 0 Å². The van der Waals surface area contributed by atoms with Gasteiger partial charge in [-0.3, -0.25) is 4.72 Å². The van der Waals surface area contributed by atoms with E-state index in [4.69, 9.17) is 5.11 Å². The minimum atomic E-state index is -3.79. The summed E-state index contributed by atoms with van der Waals surface area (Å²) in [5.41, 5.74) is -0.0837. The molecule has 2 aromatic rings. The van der Waals surface area contributed by atoms with E-state index in [-0.39, 0.29) is 16.5 Å². The van der Waals surface area contributed by atoms with Crippen LogP contribution in [0, 0.1) is 5.82 Å². The second-order valence-electron chi connectivity index (χ2n) is 3.78. The molecule has 2 rings (SSSR count). The fourth-order valence-corrected chi connectivity index (χ4v) is 3.90. The van der Waals surface area contributed by atoms with Crippen LogP contribution in [-0.4, -0.2) is 20.1 Å².